The molecule has 1 aromatic heterocycles. The Morgan fingerprint density at radius 3 is 2.80 bits per heavy atom. The van der Waals surface area contributed by atoms with Crippen LogP contribution >= 0.6 is 0 Å². The molecule has 30 heavy (non-hydrogen) atoms. The highest BCUT2D eigenvalue weighted by Gasteiger charge is 2.21. The number of aromatic amines is 1. The van der Waals surface area contributed by atoms with Gasteiger partial charge in [-0.2, -0.15) is 0 Å². The van der Waals surface area contributed by atoms with Crippen LogP contribution in [0.3, 0.4) is 0 Å². The van der Waals surface area contributed by atoms with Crippen LogP contribution in [0.1, 0.15) is 18.4 Å². The highest BCUT2D eigenvalue weighted by atomic mass is 16.6. The molecule has 1 atom stereocenters. The summed E-state index contributed by atoms with van der Waals surface area (Å²) in [5.74, 6) is 0.616. The van der Waals surface area contributed by atoms with Crippen molar-refractivity contribution in [1.82, 2.24) is 10.3 Å². The zero-order chi connectivity index (χ0) is 20.8. The molecule has 2 aromatic carbocycles. The molecule has 1 amide bonds. The number of benzene rings is 2. The minimum absolute atomic E-state index is 0.267. The average molecular weight is 408 g/mol. The van der Waals surface area contributed by atoms with Crippen LogP contribution in [0.4, 0.5) is 0 Å². The van der Waals surface area contributed by atoms with Crippen molar-refractivity contribution in [3.63, 3.8) is 0 Å². The number of rotatable bonds is 8. The van der Waals surface area contributed by atoms with E-state index in [1.54, 1.807) is 0 Å². The predicted molar refractivity (Wildman–Crippen MR) is 112 cm³/mol. The summed E-state index contributed by atoms with van der Waals surface area (Å²) >= 11 is 0. The summed E-state index contributed by atoms with van der Waals surface area (Å²) in [5.41, 5.74) is 2.26. The van der Waals surface area contributed by atoms with Crippen molar-refractivity contribution in [2.24, 2.45) is 0 Å². The van der Waals surface area contributed by atoms with Gasteiger partial charge in [0.2, 0.25) is 0 Å². The Morgan fingerprint density at radius 1 is 1.10 bits per heavy atom. The maximum Gasteiger partial charge on any atom is 0.306 e. The lowest BCUT2D eigenvalue weighted by atomic mass is 10.1. The van der Waals surface area contributed by atoms with Gasteiger partial charge in [-0.15, -0.1) is 0 Å². The van der Waals surface area contributed by atoms with Crippen molar-refractivity contribution in [2.45, 2.75) is 25.4 Å². The predicted octanol–water partition coefficient (Wildman–Crippen LogP) is 2.99. The molecule has 0 fully saturated rings. The molecule has 0 radical (unpaired) electrons. The summed E-state index contributed by atoms with van der Waals surface area (Å²) in [6, 6.07) is 15.5. The number of ether oxygens (including phenoxy) is 3. The normalized spacial score (nSPS) is 15.0. The number of nitrogens with one attached hydrogen (secondary N) is 2. The van der Waals surface area contributed by atoms with E-state index in [1.807, 2.05) is 48.7 Å². The second-order valence-corrected chi connectivity index (χ2v) is 7.18. The Balaban J connectivity index is 1.13. The van der Waals surface area contributed by atoms with Gasteiger partial charge in [-0.1, -0.05) is 30.3 Å². The third-order valence-electron chi connectivity index (χ3n) is 4.96. The van der Waals surface area contributed by atoms with Crippen molar-refractivity contribution < 1.29 is 23.8 Å². The fourth-order valence-corrected chi connectivity index (χ4v) is 3.42. The molecule has 0 bridgehead atoms. The van der Waals surface area contributed by atoms with Gasteiger partial charge in [0.25, 0.3) is 5.91 Å². The van der Waals surface area contributed by atoms with Gasteiger partial charge in [0.05, 0.1) is 6.54 Å². The van der Waals surface area contributed by atoms with Crippen molar-refractivity contribution in [3.05, 3.63) is 60.3 Å². The monoisotopic (exact) mass is 408 g/mol. The summed E-state index contributed by atoms with van der Waals surface area (Å²) in [5, 5.41) is 3.88. The molecule has 0 spiro atoms. The molecule has 1 aliphatic rings. The summed E-state index contributed by atoms with van der Waals surface area (Å²) in [6.07, 6.45) is 3.39. The summed E-state index contributed by atoms with van der Waals surface area (Å²) in [4.78, 5) is 27.1. The van der Waals surface area contributed by atoms with Crippen molar-refractivity contribution >= 4 is 22.8 Å². The molecular weight excluding hydrogens is 384 g/mol. The molecule has 1 aliphatic heterocycles. The molecular formula is C23H24N2O5. The minimum atomic E-state index is -0.379. The van der Waals surface area contributed by atoms with E-state index in [9.17, 15) is 9.59 Å². The van der Waals surface area contributed by atoms with Gasteiger partial charge in [0.1, 0.15) is 12.7 Å². The highest BCUT2D eigenvalue weighted by molar-refractivity contribution is 5.83. The van der Waals surface area contributed by atoms with E-state index >= 15 is 0 Å². The quantitative estimate of drug-likeness (QED) is 0.560. The van der Waals surface area contributed by atoms with Crippen molar-refractivity contribution in [3.8, 4) is 11.5 Å². The van der Waals surface area contributed by atoms with Gasteiger partial charge in [0.15, 0.2) is 18.1 Å². The first-order valence-electron chi connectivity index (χ1n) is 10.0. The lowest BCUT2D eigenvalue weighted by molar-refractivity contribution is -0.148. The van der Waals surface area contributed by atoms with E-state index in [2.05, 4.69) is 16.4 Å². The van der Waals surface area contributed by atoms with Crippen molar-refractivity contribution in [2.75, 3.05) is 19.8 Å². The van der Waals surface area contributed by atoms with E-state index in [-0.39, 0.29) is 37.6 Å². The molecule has 7 nitrogen and oxygen atoms in total. The molecule has 2 N–H and O–H groups in total. The Labute approximate surface area is 174 Å². The van der Waals surface area contributed by atoms with Gasteiger partial charge in [-0.05, 0) is 36.6 Å². The number of aryl methyl sites for hydroxylation is 1. The maximum atomic E-state index is 12.0. The third-order valence-corrected chi connectivity index (χ3v) is 4.96. The van der Waals surface area contributed by atoms with E-state index < -0.39 is 0 Å². The zero-order valence-corrected chi connectivity index (χ0v) is 16.6. The molecule has 3 aromatic rings. The first-order chi connectivity index (χ1) is 14.7. The second-order valence-electron chi connectivity index (χ2n) is 7.18. The fourth-order valence-electron chi connectivity index (χ4n) is 3.42. The second kappa shape index (κ2) is 9.35. The van der Waals surface area contributed by atoms with E-state index in [0.717, 1.165) is 11.9 Å². The molecule has 156 valence electrons. The summed E-state index contributed by atoms with van der Waals surface area (Å²) < 4.78 is 16.5. The lowest BCUT2D eigenvalue weighted by Crippen LogP contribution is -2.42. The van der Waals surface area contributed by atoms with Crippen LogP contribution in [0.5, 0.6) is 11.5 Å². The van der Waals surface area contributed by atoms with Crippen LogP contribution in [0.2, 0.25) is 0 Å². The summed E-state index contributed by atoms with van der Waals surface area (Å²) in [7, 11) is 0. The fraction of sp³-hybridized carbons (Fsp3) is 0.304. The number of carbonyl (C=O) groups excluding carboxylic acids is 2. The molecule has 0 unspecified atom stereocenters. The SMILES string of the molecule is O=C(COC(=O)CCCc1c[nH]c2ccccc12)NC[C@H]1COc2ccccc2O1. The van der Waals surface area contributed by atoms with Crippen molar-refractivity contribution in [1.29, 1.82) is 0 Å². The third kappa shape index (κ3) is 4.92. The van der Waals surface area contributed by atoms with Gasteiger partial charge >= 0.3 is 5.97 Å². The first kappa shape index (κ1) is 19.8. The van der Waals surface area contributed by atoms with E-state index in [1.165, 1.54) is 10.9 Å². The van der Waals surface area contributed by atoms with Gasteiger partial charge in [-0.25, -0.2) is 0 Å². The molecule has 0 aliphatic carbocycles. The average Bonchev–Trinajstić information content (AvgIpc) is 3.19. The smallest absolute Gasteiger partial charge is 0.306 e. The van der Waals surface area contributed by atoms with E-state index in [0.29, 0.717) is 24.5 Å². The number of amides is 1. The van der Waals surface area contributed by atoms with Crippen LogP contribution in [-0.2, 0) is 20.7 Å². The molecule has 2 heterocycles. The number of hydrogen-bond donors (Lipinski definition) is 2. The van der Waals surface area contributed by atoms with Crippen LogP contribution in [0, 0.1) is 0 Å². The number of hydrogen-bond acceptors (Lipinski definition) is 5. The number of H-pyrrole nitrogens is 1. The molecule has 7 heteroatoms. The Morgan fingerprint density at radius 2 is 1.90 bits per heavy atom. The minimum Gasteiger partial charge on any atom is -0.486 e. The summed E-state index contributed by atoms with van der Waals surface area (Å²) in [6.45, 7) is 0.340. The van der Waals surface area contributed by atoms with Crippen LogP contribution in [-0.4, -0.2) is 42.7 Å². The van der Waals surface area contributed by atoms with Crippen LogP contribution < -0.4 is 14.8 Å². The Bertz CT molecular complexity index is 1030. The maximum absolute atomic E-state index is 12.0. The van der Waals surface area contributed by atoms with Gasteiger partial charge in [0, 0.05) is 23.5 Å². The van der Waals surface area contributed by atoms with E-state index in [4.69, 9.17) is 14.2 Å². The molecule has 4 rings (SSSR count). The van der Waals surface area contributed by atoms with Gasteiger partial charge in [-0.3, -0.25) is 9.59 Å². The number of esters is 1. The van der Waals surface area contributed by atoms with Crippen LogP contribution in [0.25, 0.3) is 10.9 Å². The topological polar surface area (TPSA) is 89.7 Å². The number of carbonyl (C=O) groups is 2. The van der Waals surface area contributed by atoms with Crippen LogP contribution in [0.15, 0.2) is 54.7 Å². The van der Waals surface area contributed by atoms with Gasteiger partial charge < -0.3 is 24.5 Å². The Hall–Kier alpha value is -3.48. The Kier molecular flexibility index (Phi) is 6.17. The number of fused-ring (bicyclic) bond motifs is 2. The lowest BCUT2D eigenvalue weighted by Gasteiger charge is -2.26. The molecule has 0 saturated heterocycles. The number of para-hydroxylation sites is 3. The highest BCUT2D eigenvalue weighted by Crippen LogP contribution is 2.30. The molecule has 0 saturated carbocycles. The zero-order valence-electron chi connectivity index (χ0n) is 16.6. The number of aromatic nitrogens is 1. The first-order valence-corrected chi connectivity index (χ1v) is 10.0. The largest absolute Gasteiger partial charge is 0.486 e. The standard InChI is InChI=1S/C23H24N2O5/c26-22(25-13-17-14-28-20-9-3-4-10-21(20)30-17)15-29-23(27)11-5-6-16-12-24-19-8-2-1-7-18(16)19/h1-4,7-10,12,17,24H,5-6,11,13-15H2,(H,25,26)/t17-/m0/s1.